The van der Waals surface area contributed by atoms with E-state index < -0.39 is 11.4 Å². The average Bonchev–Trinajstić information content (AvgIpc) is 2.44. The Bertz CT molecular complexity index is 381. The van der Waals surface area contributed by atoms with E-state index >= 15 is 0 Å². The zero-order valence-corrected chi connectivity index (χ0v) is 9.88. The van der Waals surface area contributed by atoms with E-state index in [0.29, 0.717) is 12.0 Å². The van der Waals surface area contributed by atoms with Gasteiger partial charge in [0, 0.05) is 11.8 Å². The Morgan fingerprint density at radius 3 is 2.75 bits per heavy atom. The molecular formula is C13H18O3. The van der Waals surface area contributed by atoms with Gasteiger partial charge in [0.05, 0.1) is 6.42 Å². The minimum atomic E-state index is -0.821. The molecule has 3 heteroatoms. The number of allylic oxidation sites excluding steroid dienone is 1. The van der Waals surface area contributed by atoms with Crippen LogP contribution in [0.5, 0.6) is 0 Å². The first-order valence-corrected chi connectivity index (χ1v) is 5.71. The van der Waals surface area contributed by atoms with Crippen LogP contribution in [0.2, 0.25) is 0 Å². The first kappa shape index (κ1) is 11.4. The van der Waals surface area contributed by atoms with Crippen LogP contribution in [0, 0.1) is 16.7 Å². The number of hydrogen-bond donors (Lipinski definition) is 1. The Hall–Kier alpha value is -1.12. The third-order valence-electron chi connectivity index (χ3n) is 4.21. The number of rotatable bonds is 2. The van der Waals surface area contributed by atoms with Crippen LogP contribution in [0.1, 0.15) is 39.5 Å². The minimum absolute atomic E-state index is 0.0612. The van der Waals surface area contributed by atoms with Gasteiger partial charge in [-0.2, -0.15) is 0 Å². The number of carboxylic acids is 1. The molecule has 0 unspecified atom stereocenters. The zero-order chi connectivity index (χ0) is 12.1. The summed E-state index contributed by atoms with van der Waals surface area (Å²) < 4.78 is 0. The molecule has 88 valence electrons. The van der Waals surface area contributed by atoms with Crippen LogP contribution in [-0.4, -0.2) is 16.9 Å². The smallest absolute Gasteiger partial charge is 0.304 e. The van der Waals surface area contributed by atoms with Crippen molar-refractivity contribution in [2.24, 2.45) is 16.7 Å². The maximum atomic E-state index is 11.7. The molecule has 0 aromatic rings. The lowest BCUT2D eigenvalue weighted by atomic mass is 9.73. The summed E-state index contributed by atoms with van der Waals surface area (Å²) in [5, 5.41) is 9.04. The molecule has 0 spiro atoms. The van der Waals surface area contributed by atoms with Crippen LogP contribution in [0.3, 0.4) is 0 Å². The molecular weight excluding hydrogens is 204 g/mol. The molecule has 0 heterocycles. The standard InChI is InChI=1S/C13H18O3/c1-8-10(14)4-9-5-12(2,3)7-13(8,9)6-11(15)16/h9H,1,4-7H2,2-3H3,(H,15,16)/t9-,13-/m1/s1. The Labute approximate surface area is 95.5 Å². The molecule has 2 atom stereocenters. The Kier molecular flexibility index (Phi) is 2.26. The lowest BCUT2D eigenvalue weighted by Crippen LogP contribution is -2.27. The molecule has 0 saturated heterocycles. The molecule has 2 fully saturated rings. The largest absolute Gasteiger partial charge is 0.481 e. The molecule has 0 amide bonds. The lowest BCUT2D eigenvalue weighted by Gasteiger charge is -2.29. The molecule has 2 saturated carbocycles. The predicted octanol–water partition coefficient (Wildman–Crippen LogP) is 2.41. The van der Waals surface area contributed by atoms with Gasteiger partial charge >= 0.3 is 5.97 Å². The van der Waals surface area contributed by atoms with E-state index in [9.17, 15) is 9.59 Å². The van der Waals surface area contributed by atoms with Gasteiger partial charge in [0.1, 0.15) is 0 Å². The number of ketones is 1. The molecule has 16 heavy (non-hydrogen) atoms. The predicted molar refractivity (Wildman–Crippen MR) is 60.0 cm³/mol. The molecule has 3 nitrogen and oxygen atoms in total. The van der Waals surface area contributed by atoms with Gasteiger partial charge < -0.3 is 5.11 Å². The Morgan fingerprint density at radius 1 is 1.56 bits per heavy atom. The minimum Gasteiger partial charge on any atom is -0.481 e. The zero-order valence-electron chi connectivity index (χ0n) is 9.88. The van der Waals surface area contributed by atoms with E-state index in [1.165, 1.54) is 0 Å². The second kappa shape index (κ2) is 3.19. The van der Waals surface area contributed by atoms with Crippen LogP contribution in [0.25, 0.3) is 0 Å². The molecule has 0 radical (unpaired) electrons. The monoisotopic (exact) mass is 222 g/mol. The van der Waals surface area contributed by atoms with Gasteiger partial charge in [0.25, 0.3) is 0 Å². The highest BCUT2D eigenvalue weighted by Crippen LogP contribution is 2.63. The summed E-state index contributed by atoms with van der Waals surface area (Å²) in [4.78, 5) is 22.7. The summed E-state index contributed by atoms with van der Waals surface area (Å²) in [6.07, 6.45) is 2.27. The van der Waals surface area contributed by atoms with Crippen molar-refractivity contribution in [3.05, 3.63) is 12.2 Å². The van der Waals surface area contributed by atoms with Gasteiger partial charge in [-0.1, -0.05) is 20.4 Å². The fraction of sp³-hybridized carbons (Fsp3) is 0.692. The van der Waals surface area contributed by atoms with Crippen molar-refractivity contribution in [2.75, 3.05) is 0 Å². The van der Waals surface area contributed by atoms with Crippen molar-refractivity contribution < 1.29 is 14.7 Å². The third kappa shape index (κ3) is 1.49. The lowest BCUT2D eigenvalue weighted by molar-refractivity contribution is -0.139. The first-order valence-electron chi connectivity index (χ1n) is 5.71. The van der Waals surface area contributed by atoms with E-state index in [1.807, 2.05) is 0 Å². The van der Waals surface area contributed by atoms with Crippen molar-refractivity contribution in [1.29, 1.82) is 0 Å². The normalized spacial score (nSPS) is 36.5. The van der Waals surface area contributed by atoms with Gasteiger partial charge in [-0.25, -0.2) is 0 Å². The van der Waals surface area contributed by atoms with Gasteiger partial charge in [-0.3, -0.25) is 9.59 Å². The van der Waals surface area contributed by atoms with Crippen molar-refractivity contribution >= 4 is 11.8 Å². The molecule has 0 aliphatic heterocycles. The molecule has 2 rings (SSSR count). The summed E-state index contributed by atoms with van der Waals surface area (Å²) >= 11 is 0. The maximum absolute atomic E-state index is 11.7. The van der Waals surface area contributed by atoms with Crippen LogP contribution < -0.4 is 0 Å². The number of carbonyl (C=O) groups excluding carboxylic acids is 1. The Balaban J connectivity index is 2.38. The van der Waals surface area contributed by atoms with E-state index in [1.54, 1.807) is 0 Å². The molecule has 2 aliphatic rings. The van der Waals surface area contributed by atoms with Crippen molar-refractivity contribution in [1.82, 2.24) is 0 Å². The maximum Gasteiger partial charge on any atom is 0.304 e. The summed E-state index contributed by atoms with van der Waals surface area (Å²) in [5.41, 5.74) is 0.237. The van der Waals surface area contributed by atoms with Crippen LogP contribution in [0.4, 0.5) is 0 Å². The first-order chi connectivity index (χ1) is 7.27. The van der Waals surface area contributed by atoms with Gasteiger partial charge in [0.2, 0.25) is 0 Å². The molecule has 0 bridgehead atoms. The number of hydrogen-bond acceptors (Lipinski definition) is 2. The summed E-state index contributed by atoms with van der Waals surface area (Å²) in [7, 11) is 0. The highest BCUT2D eigenvalue weighted by molar-refractivity contribution is 6.00. The molecule has 2 aliphatic carbocycles. The molecule has 1 N–H and O–H groups in total. The van der Waals surface area contributed by atoms with Crippen LogP contribution in [-0.2, 0) is 9.59 Å². The number of fused-ring (bicyclic) bond motifs is 1. The highest BCUT2D eigenvalue weighted by Gasteiger charge is 2.58. The number of aliphatic carboxylic acids is 1. The van der Waals surface area contributed by atoms with Crippen molar-refractivity contribution in [2.45, 2.75) is 39.5 Å². The van der Waals surface area contributed by atoms with Crippen LogP contribution >= 0.6 is 0 Å². The highest BCUT2D eigenvalue weighted by atomic mass is 16.4. The molecule has 0 aromatic heterocycles. The third-order valence-corrected chi connectivity index (χ3v) is 4.21. The van der Waals surface area contributed by atoms with Gasteiger partial charge in [-0.05, 0) is 29.7 Å². The van der Waals surface area contributed by atoms with Crippen LogP contribution in [0.15, 0.2) is 12.2 Å². The van der Waals surface area contributed by atoms with E-state index in [0.717, 1.165) is 12.8 Å². The SMILES string of the molecule is C=C1C(=O)C[C@@H]2CC(C)(C)C[C@]12CC(=O)O. The fourth-order valence-corrected chi connectivity index (χ4v) is 3.76. The average molecular weight is 222 g/mol. The number of Topliss-reactive ketones (excluding diaryl/α,β-unsaturated/α-hetero) is 1. The molecule has 0 aromatic carbocycles. The van der Waals surface area contributed by atoms with Gasteiger partial charge in [-0.15, -0.1) is 0 Å². The van der Waals surface area contributed by atoms with E-state index in [4.69, 9.17) is 5.11 Å². The number of carboxylic acid groups (broad SMARTS) is 1. The second-order valence-corrected chi connectivity index (χ2v) is 6.07. The second-order valence-electron chi connectivity index (χ2n) is 6.07. The van der Waals surface area contributed by atoms with Crippen molar-refractivity contribution in [3.8, 4) is 0 Å². The van der Waals surface area contributed by atoms with E-state index in [2.05, 4.69) is 20.4 Å². The fourth-order valence-electron chi connectivity index (χ4n) is 3.76. The Morgan fingerprint density at radius 2 is 2.19 bits per heavy atom. The number of carbonyl (C=O) groups is 2. The summed E-state index contributed by atoms with van der Waals surface area (Å²) in [6.45, 7) is 8.15. The van der Waals surface area contributed by atoms with Gasteiger partial charge in [0.15, 0.2) is 5.78 Å². The topological polar surface area (TPSA) is 54.4 Å². The summed E-state index contributed by atoms with van der Waals surface area (Å²) in [6, 6.07) is 0. The quantitative estimate of drug-likeness (QED) is 0.730. The summed E-state index contributed by atoms with van der Waals surface area (Å²) in [5.74, 6) is -0.557. The van der Waals surface area contributed by atoms with Crippen molar-refractivity contribution in [3.63, 3.8) is 0 Å². The van der Waals surface area contributed by atoms with E-state index in [-0.39, 0.29) is 23.5 Å².